The molecule has 0 radical (unpaired) electrons. The molecular weight excluding hydrogens is 174 g/mol. The average molecular weight is 191 g/mol. The van der Waals surface area contributed by atoms with Crippen LogP contribution < -0.4 is 5.73 Å². The molecule has 1 aromatic heterocycles. The van der Waals surface area contributed by atoms with Crippen LogP contribution in [0.1, 0.15) is 37.2 Å². The Bertz CT molecular complexity index is 340. The third-order valence-corrected chi connectivity index (χ3v) is 2.90. The van der Waals surface area contributed by atoms with E-state index in [1.807, 2.05) is 6.07 Å². The van der Waals surface area contributed by atoms with Crippen LogP contribution in [0.5, 0.6) is 0 Å². The first kappa shape index (κ1) is 9.53. The number of hydrogen-bond donors (Lipinski definition) is 1. The third kappa shape index (κ3) is 1.75. The smallest absolute Gasteiger partial charge is 0.129 e. The van der Waals surface area contributed by atoms with Crippen molar-refractivity contribution in [1.82, 2.24) is 0 Å². The molecular formula is C12H17NO. The minimum absolute atomic E-state index is 0.634. The van der Waals surface area contributed by atoms with Gasteiger partial charge in [0.25, 0.3) is 0 Å². The van der Waals surface area contributed by atoms with E-state index >= 15 is 0 Å². The Hall–Kier alpha value is -1.02. The summed E-state index contributed by atoms with van der Waals surface area (Å²) in [4.78, 5) is 0. The van der Waals surface area contributed by atoms with Crippen LogP contribution in [0.2, 0.25) is 0 Å². The van der Waals surface area contributed by atoms with Gasteiger partial charge in [-0.1, -0.05) is 13.5 Å². The lowest BCUT2D eigenvalue weighted by atomic mass is 10.2. The van der Waals surface area contributed by atoms with Crippen molar-refractivity contribution in [1.29, 1.82) is 0 Å². The zero-order valence-corrected chi connectivity index (χ0v) is 8.62. The zero-order chi connectivity index (χ0) is 10.1. The van der Waals surface area contributed by atoms with Crippen molar-refractivity contribution in [2.75, 3.05) is 6.54 Å². The van der Waals surface area contributed by atoms with Gasteiger partial charge in [-0.25, -0.2) is 0 Å². The van der Waals surface area contributed by atoms with E-state index in [-0.39, 0.29) is 0 Å². The summed E-state index contributed by atoms with van der Waals surface area (Å²) in [5.41, 5.74) is 6.47. The van der Waals surface area contributed by atoms with E-state index in [1.165, 1.54) is 6.42 Å². The topological polar surface area (TPSA) is 39.2 Å². The third-order valence-electron chi connectivity index (χ3n) is 2.90. The van der Waals surface area contributed by atoms with Gasteiger partial charge in [0.05, 0.1) is 0 Å². The number of rotatable bonds is 4. The van der Waals surface area contributed by atoms with Crippen molar-refractivity contribution in [3.05, 3.63) is 30.2 Å². The van der Waals surface area contributed by atoms with Crippen LogP contribution in [-0.2, 0) is 0 Å². The number of furan rings is 1. The Morgan fingerprint density at radius 2 is 2.36 bits per heavy atom. The predicted molar refractivity (Wildman–Crippen MR) is 57.9 cm³/mol. The molecule has 0 aliphatic heterocycles. The Morgan fingerprint density at radius 1 is 1.64 bits per heavy atom. The molecule has 2 rings (SSSR count). The summed E-state index contributed by atoms with van der Waals surface area (Å²) >= 11 is 0. The molecule has 0 bridgehead atoms. The molecule has 1 aromatic rings. The Morgan fingerprint density at radius 3 is 2.93 bits per heavy atom. The van der Waals surface area contributed by atoms with Crippen molar-refractivity contribution in [3.63, 3.8) is 0 Å². The van der Waals surface area contributed by atoms with E-state index in [0.717, 1.165) is 29.4 Å². The largest absolute Gasteiger partial charge is 0.461 e. The maximum atomic E-state index is 5.74. The van der Waals surface area contributed by atoms with Gasteiger partial charge in [0.15, 0.2) is 0 Å². The summed E-state index contributed by atoms with van der Waals surface area (Å²) in [7, 11) is 0. The molecule has 1 aliphatic carbocycles. The molecule has 0 spiro atoms. The van der Waals surface area contributed by atoms with Crippen LogP contribution in [0, 0.1) is 5.92 Å². The lowest BCUT2D eigenvalue weighted by Gasteiger charge is -1.98. The standard InChI is InChI=1S/C12H17NO/c1-8(5-6-13)11-3-4-12(14-11)10-7-9(10)2/h3-4,9-10H,1,5-7,13H2,2H3. The van der Waals surface area contributed by atoms with Crippen molar-refractivity contribution < 1.29 is 4.42 Å². The van der Waals surface area contributed by atoms with Crippen molar-refractivity contribution in [2.24, 2.45) is 11.7 Å². The van der Waals surface area contributed by atoms with Gasteiger partial charge in [0.1, 0.15) is 11.5 Å². The van der Waals surface area contributed by atoms with E-state index in [2.05, 4.69) is 19.6 Å². The first-order chi connectivity index (χ1) is 6.72. The molecule has 0 amide bonds. The highest BCUT2D eigenvalue weighted by molar-refractivity contribution is 5.59. The summed E-state index contributed by atoms with van der Waals surface area (Å²) < 4.78 is 5.74. The van der Waals surface area contributed by atoms with Crippen LogP contribution in [0.15, 0.2) is 23.1 Å². The molecule has 2 heteroatoms. The molecule has 1 heterocycles. The van der Waals surface area contributed by atoms with Gasteiger partial charge in [0, 0.05) is 5.92 Å². The minimum atomic E-state index is 0.634. The average Bonchev–Trinajstić information content (AvgIpc) is 2.70. The highest BCUT2D eigenvalue weighted by Gasteiger charge is 2.36. The molecule has 2 N–H and O–H groups in total. The Labute approximate surface area is 84.8 Å². The lowest BCUT2D eigenvalue weighted by Crippen LogP contribution is -1.98. The lowest BCUT2D eigenvalue weighted by molar-refractivity contribution is 0.493. The normalized spacial score (nSPS) is 25.0. The fourth-order valence-corrected chi connectivity index (χ4v) is 1.76. The van der Waals surface area contributed by atoms with Gasteiger partial charge < -0.3 is 10.2 Å². The summed E-state index contributed by atoms with van der Waals surface area (Å²) in [6.07, 6.45) is 2.07. The van der Waals surface area contributed by atoms with Crippen LogP contribution >= 0.6 is 0 Å². The second-order valence-electron chi connectivity index (χ2n) is 4.16. The molecule has 1 fully saturated rings. The molecule has 0 aromatic carbocycles. The number of hydrogen-bond acceptors (Lipinski definition) is 2. The summed E-state index contributed by atoms with van der Waals surface area (Å²) in [6, 6.07) is 4.09. The number of nitrogens with two attached hydrogens (primary N) is 1. The van der Waals surface area contributed by atoms with Crippen LogP contribution in [-0.4, -0.2) is 6.54 Å². The van der Waals surface area contributed by atoms with Gasteiger partial charge in [-0.15, -0.1) is 0 Å². The molecule has 76 valence electrons. The van der Waals surface area contributed by atoms with Gasteiger partial charge in [0.2, 0.25) is 0 Å². The zero-order valence-electron chi connectivity index (χ0n) is 8.62. The Balaban J connectivity index is 2.06. The molecule has 2 unspecified atom stereocenters. The van der Waals surface area contributed by atoms with Gasteiger partial charge in [-0.05, 0) is 43.0 Å². The van der Waals surface area contributed by atoms with Gasteiger partial charge in [-0.3, -0.25) is 0 Å². The summed E-state index contributed by atoms with van der Waals surface area (Å²) in [6.45, 7) is 6.84. The SMILES string of the molecule is C=C(CCN)c1ccc(C2CC2C)o1. The second kappa shape index (κ2) is 3.62. The van der Waals surface area contributed by atoms with Gasteiger partial charge in [-0.2, -0.15) is 0 Å². The Kier molecular flexibility index (Phi) is 2.46. The fraction of sp³-hybridized carbons (Fsp3) is 0.500. The van der Waals surface area contributed by atoms with E-state index < -0.39 is 0 Å². The molecule has 14 heavy (non-hydrogen) atoms. The first-order valence-electron chi connectivity index (χ1n) is 5.20. The van der Waals surface area contributed by atoms with E-state index in [0.29, 0.717) is 12.5 Å². The quantitative estimate of drug-likeness (QED) is 0.794. The van der Waals surface area contributed by atoms with Crippen molar-refractivity contribution in [2.45, 2.75) is 25.7 Å². The summed E-state index contributed by atoms with van der Waals surface area (Å²) in [5, 5.41) is 0. The second-order valence-corrected chi connectivity index (χ2v) is 4.16. The van der Waals surface area contributed by atoms with Gasteiger partial charge >= 0.3 is 0 Å². The monoisotopic (exact) mass is 191 g/mol. The minimum Gasteiger partial charge on any atom is -0.461 e. The maximum absolute atomic E-state index is 5.74. The molecule has 1 saturated carbocycles. The van der Waals surface area contributed by atoms with Crippen molar-refractivity contribution >= 4 is 5.57 Å². The predicted octanol–water partition coefficient (Wildman–Crippen LogP) is 2.77. The first-order valence-corrected chi connectivity index (χ1v) is 5.20. The highest BCUT2D eigenvalue weighted by Crippen LogP contribution is 2.47. The molecule has 0 saturated heterocycles. The highest BCUT2D eigenvalue weighted by atomic mass is 16.3. The molecule has 1 aliphatic rings. The maximum Gasteiger partial charge on any atom is 0.129 e. The fourth-order valence-electron chi connectivity index (χ4n) is 1.76. The van der Waals surface area contributed by atoms with E-state index in [4.69, 9.17) is 10.2 Å². The molecule has 2 nitrogen and oxygen atoms in total. The summed E-state index contributed by atoms with van der Waals surface area (Å²) in [5.74, 6) is 3.46. The van der Waals surface area contributed by atoms with Crippen LogP contribution in [0.4, 0.5) is 0 Å². The van der Waals surface area contributed by atoms with Crippen LogP contribution in [0.3, 0.4) is 0 Å². The van der Waals surface area contributed by atoms with Crippen molar-refractivity contribution in [3.8, 4) is 0 Å². The molecule has 2 atom stereocenters. The van der Waals surface area contributed by atoms with Crippen LogP contribution in [0.25, 0.3) is 5.57 Å². The van der Waals surface area contributed by atoms with E-state index in [9.17, 15) is 0 Å². The van der Waals surface area contributed by atoms with E-state index in [1.54, 1.807) is 0 Å².